The third kappa shape index (κ3) is 3.09. The summed E-state index contributed by atoms with van der Waals surface area (Å²) in [5, 5.41) is 3.42. The molecule has 88 valence electrons. The lowest BCUT2D eigenvalue weighted by atomic mass is 10.3. The van der Waals surface area contributed by atoms with Crippen LogP contribution in [0.15, 0.2) is 34.9 Å². The van der Waals surface area contributed by atoms with E-state index in [0.717, 1.165) is 4.47 Å². The summed E-state index contributed by atoms with van der Waals surface area (Å²) >= 11 is 14.8. The van der Waals surface area contributed by atoms with Crippen LogP contribution in [0.3, 0.4) is 0 Å². The molecule has 0 spiro atoms. The summed E-state index contributed by atoms with van der Waals surface area (Å²) in [6, 6.07) is 6.09. The van der Waals surface area contributed by atoms with E-state index in [0.29, 0.717) is 16.5 Å². The summed E-state index contributed by atoms with van der Waals surface area (Å²) < 4.78 is 14.0. The highest BCUT2D eigenvalue weighted by atomic mass is 79.9. The fourth-order valence-corrected chi connectivity index (χ4v) is 2.01. The Hall–Kier alpha value is -0.840. The van der Waals surface area contributed by atoms with Gasteiger partial charge in [0.15, 0.2) is 0 Å². The first-order chi connectivity index (χ1) is 8.06. The smallest absolute Gasteiger partial charge is 0.149 e. The topological polar surface area (TPSA) is 24.9 Å². The second kappa shape index (κ2) is 5.21. The molecule has 2 nitrogen and oxygen atoms in total. The van der Waals surface area contributed by atoms with Crippen LogP contribution in [0, 0.1) is 5.82 Å². The number of rotatable bonds is 2. The molecule has 0 aliphatic carbocycles. The number of pyridine rings is 1. The van der Waals surface area contributed by atoms with Crippen LogP contribution in [0.25, 0.3) is 0 Å². The van der Waals surface area contributed by atoms with Crippen LogP contribution < -0.4 is 5.32 Å². The molecule has 0 unspecified atom stereocenters. The molecule has 1 heterocycles. The van der Waals surface area contributed by atoms with Gasteiger partial charge in [0.25, 0.3) is 0 Å². The van der Waals surface area contributed by atoms with Gasteiger partial charge < -0.3 is 5.32 Å². The maximum atomic E-state index is 13.2. The molecule has 0 aliphatic heterocycles. The summed E-state index contributed by atoms with van der Waals surface area (Å²) in [6.07, 6.45) is 1.60. The average molecular weight is 336 g/mol. The molecule has 1 aromatic heterocycles. The minimum Gasteiger partial charge on any atom is -0.339 e. The molecule has 0 saturated heterocycles. The number of halogens is 4. The molecule has 0 atom stereocenters. The van der Waals surface area contributed by atoms with Crippen LogP contribution >= 0.6 is 39.1 Å². The number of hydrogen-bond donors (Lipinski definition) is 1. The van der Waals surface area contributed by atoms with E-state index >= 15 is 0 Å². The Morgan fingerprint density at radius 2 is 1.94 bits per heavy atom. The van der Waals surface area contributed by atoms with Crippen molar-refractivity contribution in [2.45, 2.75) is 0 Å². The van der Waals surface area contributed by atoms with Crippen LogP contribution in [0.4, 0.5) is 15.9 Å². The van der Waals surface area contributed by atoms with E-state index in [9.17, 15) is 4.39 Å². The normalized spacial score (nSPS) is 10.4. The molecule has 0 amide bonds. The van der Waals surface area contributed by atoms with Gasteiger partial charge in [-0.1, -0.05) is 23.2 Å². The summed E-state index contributed by atoms with van der Waals surface area (Å²) in [5.74, 6) is -0.0403. The second-order valence-corrected chi connectivity index (χ2v) is 4.97. The highest BCUT2D eigenvalue weighted by Gasteiger charge is 2.05. The molecule has 17 heavy (non-hydrogen) atoms. The fourth-order valence-electron chi connectivity index (χ4n) is 1.22. The highest BCUT2D eigenvalue weighted by molar-refractivity contribution is 9.10. The summed E-state index contributed by atoms with van der Waals surface area (Å²) in [4.78, 5) is 4.08. The molecule has 0 radical (unpaired) electrons. The molecule has 1 N–H and O–H groups in total. The van der Waals surface area contributed by atoms with Crippen LogP contribution in [0.2, 0.25) is 10.0 Å². The van der Waals surface area contributed by atoms with Crippen molar-refractivity contribution >= 4 is 50.6 Å². The van der Waals surface area contributed by atoms with Crippen molar-refractivity contribution in [1.29, 1.82) is 0 Å². The number of nitrogens with zero attached hydrogens (tertiary/aromatic N) is 1. The van der Waals surface area contributed by atoms with Crippen molar-refractivity contribution in [3.63, 3.8) is 0 Å². The SMILES string of the molecule is Fc1cc(Nc2ncc(Br)cc2Cl)ccc1Cl. The quantitative estimate of drug-likeness (QED) is 0.832. The van der Waals surface area contributed by atoms with Gasteiger partial charge in [0.05, 0.1) is 10.0 Å². The first-order valence-electron chi connectivity index (χ1n) is 4.59. The monoisotopic (exact) mass is 334 g/mol. The van der Waals surface area contributed by atoms with Gasteiger partial charge in [-0.25, -0.2) is 9.37 Å². The van der Waals surface area contributed by atoms with Gasteiger partial charge in [0.1, 0.15) is 11.6 Å². The van der Waals surface area contributed by atoms with E-state index in [1.807, 2.05) is 0 Å². The highest BCUT2D eigenvalue weighted by Crippen LogP contribution is 2.27. The first-order valence-corrected chi connectivity index (χ1v) is 6.14. The zero-order chi connectivity index (χ0) is 12.4. The van der Waals surface area contributed by atoms with Crippen LogP contribution in [-0.4, -0.2) is 4.98 Å². The minimum absolute atomic E-state index is 0.0745. The van der Waals surface area contributed by atoms with Crippen LogP contribution in [0.1, 0.15) is 0 Å². The van der Waals surface area contributed by atoms with Crippen molar-refractivity contribution < 1.29 is 4.39 Å². The molecule has 6 heteroatoms. The standard InChI is InChI=1S/C11H6BrCl2FN2/c12-6-3-9(14)11(16-5-6)17-7-1-2-8(13)10(15)4-7/h1-5H,(H,16,17). The lowest BCUT2D eigenvalue weighted by molar-refractivity contribution is 0.629. The summed E-state index contributed by atoms with van der Waals surface area (Å²) in [7, 11) is 0. The van der Waals surface area contributed by atoms with E-state index in [4.69, 9.17) is 23.2 Å². The number of nitrogens with one attached hydrogen (secondary N) is 1. The maximum absolute atomic E-state index is 13.2. The van der Waals surface area contributed by atoms with Gasteiger partial charge >= 0.3 is 0 Å². The summed E-state index contributed by atoms with van der Waals surface area (Å²) in [5.41, 5.74) is 0.531. The number of hydrogen-bond acceptors (Lipinski definition) is 2. The zero-order valence-electron chi connectivity index (χ0n) is 8.35. The molecular weight excluding hydrogens is 330 g/mol. The van der Waals surface area contributed by atoms with Crippen molar-refractivity contribution in [3.8, 4) is 0 Å². The van der Waals surface area contributed by atoms with Crippen LogP contribution in [-0.2, 0) is 0 Å². The molecule has 0 aliphatic rings. The van der Waals surface area contributed by atoms with Gasteiger partial charge in [-0.15, -0.1) is 0 Å². The third-order valence-electron chi connectivity index (χ3n) is 1.99. The van der Waals surface area contributed by atoms with E-state index in [1.165, 1.54) is 12.1 Å². The van der Waals surface area contributed by atoms with Crippen molar-refractivity contribution in [2.75, 3.05) is 5.32 Å². The molecular formula is C11H6BrCl2FN2. The van der Waals surface area contributed by atoms with Gasteiger partial charge in [0, 0.05) is 16.4 Å². The second-order valence-electron chi connectivity index (χ2n) is 3.24. The molecule has 2 aromatic rings. The lowest BCUT2D eigenvalue weighted by Gasteiger charge is -2.07. The van der Waals surface area contributed by atoms with Gasteiger partial charge in [-0.3, -0.25) is 0 Å². The molecule has 0 bridgehead atoms. The Morgan fingerprint density at radius 3 is 2.59 bits per heavy atom. The Kier molecular flexibility index (Phi) is 3.86. The number of aromatic nitrogens is 1. The maximum Gasteiger partial charge on any atom is 0.149 e. The van der Waals surface area contributed by atoms with Crippen LogP contribution in [0.5, 0.6) is 0 Å². The fraction of sp³-hybridized carbons (Fsp3) is 0. The number of benzene rings is 1. The minimum atomic E-state index is -0.495. The third-order valence-corrected chi connectivity index (χ3v) is 3.02. The van der Waals surface area contributed by atoms with Crippen molar-refractivity contribution in [3.05, 3.63) is 50.8 Å². The van der Waals surface area contributed by atoms with Crippen molar-refractivity contribution in [1.82, 2.24) is 4.98 Å². The molecule has 2 rings (SSSR count). The van der Waals surface area contributed by atoms with E-state index in [-0.39, 0.29) is 5.02 Å². The molecule has 0 fully saturated rings. The van der Waals surface area contributed by atoms with Gasteiger partial charge in [-0.05, 0) is 40.2 Å². The first kappa shape index (κ1) is 12.6. The Balaban J connectivity index is 2.28. The van der Waals surface area contributed by atoms with Crippen molar-refractivity contribution in [2.24, 2.45) is 0 Å². The Labute approximate surface area is 116 Å². The summed E-state index contributed by atoms with van der Waals surface area (Å²) in [6.45, 7) is 0. The number of anilines is 2. The molecule has 1 aromatic carbocycles. The Bertz CT molecular complexity index is 563. The zero-order valence-corrected chi connectivity index (χ0v) is 11.4. The average Bonchev–Trinajstić information content (AvgIpc) is 2.27. The van der Waals surface area contributed by atoms with E-state index in [2.05, 4.69) is 26.2 Å². The van der Waals surface area contributed by atoms with Gasteiger partial charge in [-0.2, -0.15) is 0 Å². The Morgan fingerprint density at radius 1 is 1.18 bits per heavy atom. The van der Waals surface area contributed by atoms with Gasteiger partial charge in [0.2, 0.25) is 0 Å². The molecule has 0 saturated carbocycles. The largest absolute Gasteiger partial charge is 0.339 e. The predicted octanol–water partition coefficient (Wildman–Crippen LogP) is 5.03. The van der Waals surface area contributed by atoms with E-state index in [1.54, 1.807) is 18.3 Å². The van der Waals surface area contributed by atoms with E-state index < -0.39 is 5.82 Å². The lowest BCUT2D eigenvalue weighted by Crippen LogP contribution is -1.95. The predicted molar refractivity (Wildman–Crippen MR) is 71.6 cm³/mol.